The van der Waals surface area contributed by atoms with Crippen LogP contribution in [0, 0.1) is 0 Å². The molecule has 0 spiro atoms. The Morgan fingerprint density at radius 3 is 2.52 bits per heavy atom. The average Bonchev–Trinajstić information content (AvgIpc) is 3.28. The second-order valence-corrected chi connectivity index (χ2v) is 5.80. The molecule has 0 saturated heterocycles. The van der Waals surface area contributed by atoms with E-state index in [-0.39, 0.29) is 0 Å². The lowest BCUT2D eigenvalue weighted by Gasteiger charge is -2.08. The van der Waals surface area contributed by atoms with Crippen molar-refractivity contribution in [3.8, 4) is 5.69 Å². The van der Waals surface area contributed by atoms with E-state index in [2.05, 4.69) is 54.2 Å². The Morgan fingerprint density at radius 1 is 1.14 bits per heavy atom. The molecule has 1 aliphatic carbocycles. The van der Waals surface area contributed by atoms with Crippen LogP contribution >= 0.6 is 0 Å². The van der Waals surface area contributed by atoms with Gasteiger partial charge in [0, 0.05) is 11.7 Å². The summed E-state index contributed by atoms with van der Waals surface area (Å²) in [7, 11) is 0. The van der Waals surface area contributed by atoms with Crippen molar-refractivity contribution in [3.05, 3.63) is 47.3 Å². The number of benzene rings is 1. The first-order chi connectivity index (χ1) is 10.3. The van der Waals surface area contributed by atoms with Gasteiger partial charge in [-0.3, -0.25) is 0 Å². The Hall–Kier alpha value is -1.61. The van der Waals surface area contributed by atoms with Gasteiger partial charge in [0.1, 0.15) is 0 Å². The second kappa shape index (κ2) is 6.44. The van der Waals surface area contributed by atoms with Gasteiger partial charge in [-0.15, -0.1) is 0 Å². The van der Waals surface area contributed by atoms with Crippen molar-refractivity contribution in [2.24, 2.45) is 0 Å². The molecule has 0 radical (unpaired) electrons. The molecule has 1 aliphatic rings. The van der Waals surface area contributed by atoms with E-state index in [4.69, 9.17) is 5.10 Å². The van der Waals surface area contributed by atoms with Crippen molar-refractivity contribution in [2.45, 2.75) is 52.0 Å². The van der Waals surface area contributed by atoms with Gasteiger partial charge < -0.3 is 5.32 Å². The van der Waals surface area contributed by atoms with Gasteiger partial charge in [0.15, 0.2) is 0 Å². The van der Waals surface area contributed by atoms with Crippen LogP contribution in [0.4, 0.5) is 0 Å². The van der Waals surface area contributed by atoms with Crippen LogP contribution in [0.3, 0.4) is 0 Å². The smallest absolute Gasteiger partial charge is 0.0661 e. The fraction of sp³-hybridized carbons (Fsp3) is 0.500. The molecular formula is C18H25N3. The van der Waals surface area contributed by atoms with Crippen LogP contribution in [0.1, 0.15) is 43.6 Å². The first-order valence-electron chi connectivity index (χ1n) is 8.22. The highest BCUT2D eigenvalue weighted by molar-refractivity contribution is 5.38. The zero-order chi connectivity index (χ0) is 14.7. The van der Waals surface area contributed by atoms with E-state index in [0.717, 1.165) is 31.8 Å². The molecule has 1 saturated carbocycles. The van der Waals surface area contributed by atoms with Crippen molar-refractivity contribution >= 4 is 0 Å². The molecule has 21 heavy (non-hydrogen) atoms. The van der Waals surface area contributed by atoms with Gasteiger partial charge in [-0.05, 0) is 56.3 Å². The summed E-state index contributed by atoms with van der Waals surface area (Å²) < 4.78 is 2.14. The highest BCUT2D eigenvalue weighted by atomic mass is 15.3. The van der Waals surface area contributed by atoms with Crippen LogP contribution in [-0.2, 0) is 19.3 Å². The summed E-state index contributed by atoms with van der Waals surface area (Å²) in [5.41, 5.74) is 5.26. The summed E-state index contributed by atoms with van der Waals surface area (Å²) >= 11 is 0. The summed E-state index contributed by atoms with van der Waals surface area (Å²) in [6, 6.07) is 11.3. The number of aromatic nitrogens is 2. The molecule has 0 atom stereocenters. The van der Waals surface area contributed by atoms with Crippen LogP contribution in [0.2, 0.25) is 0 Å². The molecule has 3 nitrogen and oxygen atoms in total. The third kappa shape index (κ3) is 3.18. The molecule has 0 unspecified atom stereocenters. The SMILES string of the molecule is CCc1nn(-c2ccccc2)c(CC)c1CCNC1CC1. The summed E-state index contributed by atoms with van der Waals surface area (Å²) in [6.45, 7) is 5.51. The maximum absolute atomic E-state index is 4.87. The largest absolute Gasteiger partial charge is 0.314 e. The maximum Gasteiger partial charge on any atom is 0.0661 e. The van der Waals surface area contributed by atoms with Gasteiger partial charge in [0.2, 0.25) is 0 Å². The molecular weight excluding hydrogens is 258 g/mol. The molecule has 1 fully saturated rings. The van der Waals surface area contributed by atoms with Gasteiger partial charge in [-0.25, -0.2) is 4.68 Å². The van der Waals surface area contributed by atoms with E-state index in [0.29, 0.717) is 0 Å². The molecule has 1 aromatic carbocycles. The number of hydrogen-bond acceptors (Lipinski definition) is 2. The van der Waals surface area contributed by atoms with E-state index in [9.17, 15) is 0 Å². The number of aryl methyl sites for hydroxylation is 1. The van der Waals surface area contributed by atoms with E-state index in [1.165, 1.54) is 35.5 Å². The minimum atomic E-state index is 0.782. The standard InChI is InChI=1S/C18H25N3/c1-3-17-16(12-13-19-14-10-11-14)18(4-2)21(20-17)15-8-6-5-7-9-15/h5-9,14,19H,3-4,10-13H2,1-2H3. The third-order valence-electron chi connectivity index (χ3n) is 4.23. The molecule has 2 aromatic rings. The molecule has 1 aromatic heterocycles. The Balaban J connectivity index is 1.87. The molecule has 0 aliphatic heterocycles. The Kier molecular flexibility index (Phi) is 4.39. The van der Waals surface area contributed by atoms with Crippen molar-refractivity contribution in [3.63, 3.8) is 0 Å². The van der Waals surface area contributed by atoms with Crippen LogP contribution in [-0.4, -0.2) is 22.4 Å². The number of para-hydroxylation sites is 1. The van der Waals surface area contributed by atoms with E-state index >= 15 is 0 Å². The summed E-state index contributed by atoms with van der Waals surface area (Å²) in [5, 5.41) is 8.49. The minimum Gasteiger partial charge on any atom is -0.314 e. The summed E-state index contributed by atoms with van der Waals surface area (Å²) in [5.74, 6) is 0. The number of rotatable bonds is 7. The highest BCUT2D eigenvalue weighted by Crippen LogP contribution is 2.22. The molecule has 1 heterocycles. The van der Waals surface area contributed by atoms with Gasteiger partial charge in [-0.1, -0.05) is 32.0 Å². The van der Waals surface area contributed by atoms with Gasteiger partial charge in [-0.2, -0.15) is 5.10 Å². The Labute approximate surface area is 127 Å². The Morgan fingerprint density at radius 2 is 1.90 bits per heavy atom. The van der Waals surface area contributed by atoms with Crippen molar-refractivity contribution in [2.75, 3.05) is 6.54 Å². The van der Waals surface area contributed by atoms with E-state index < -0.39 is 0 Å². The number of hydrogen-bond donors (Lipinski definition) is 1. The van der Waals surface area contributed by atoms with Crippen molar-refractivity contribution < 1.29 is 0 Å². The third-order valence-corrected chi connectivity index (χ3v) is 4.23. The van der Waals surface area contributed by atoms with Gasteiger partial charge in [0.25, 0.3) is 0 Å². The van der Waals surface area contributed by atoms with Crippen LogP contribution in [0.15, 0.2) is 30.3 Å². The molecule has 1 N–H and O–H groups in total. The maximum atomic E-state index is 4.87. The lowest BCUT2D eigenvalue weighted by molar-refractivity contribution is 0.676. The average molecular weight is 283 g/mol. The van der Waals surface area contributed by atoms with E-state index in [1.54, 1.807) is 0 Å². The fourth-order valence-corrected chi connectivity index (χ4v) is 2.94. The predicted molar refractivity (Wildman–Crippen MR) is 87.0 cm³/mol. The molecule has 3 rings (SSSR count). The van der Waals surface area contributed by atoms with E-state index in [1.807, 2.05) is 0 Å². The van der Waals surface area contributed by atoms with Gasteiger partial charge >= 0.3 is 0 Å². The highest BCUT2D eigenvalue weighted by Gasteiger charge is 2.21. The van der Waals surface area contributed by atoms with Crippen LogP contribution in [0.5, 0.6) is 0 Å². The summed E-state index contributed by atoms with van der Waals surface area (Å²) in [4.78, 5) is 0. The lowest BCUT2D eigenvalue weighted by Crippen LogP contribution is -2.20. The number of nitrogens with zero attached hydrogens (tertiary/aromatic N) is 2. The second-order valence-electron chi connectivity index (χ2n) is 5.80. The molecule has 0 bridgehead atoms. The zero-order valence-corrected chi connectivity index (χ0v) is 13.1. The predicted octanol–water partition coefficient (Wildman–Crippen LogP) is 3.29. The zero-order valence-electron chi connectivity index (χ0n) is 13.1. The fourth-order valence-electron chi connectivity index (χ4n) is 2.94. The normalized spacial score (nSPS) is 14.6. The van der Waals surface area contributed by atoms with Crippen molar-refractivity contribution in [1.82, 2.24) is 15.1 Å². The molecule has 112 valence electrons. The molecule has 0 amide bonds. The van der Waals surface area contributed by atoms with Crippen molar-refractivity contribution in [1.29, 1.82) is 0 Å². The first-order valence-corrected chi connectivity index (χ1v) is 8.22. The first kappa shape index (κ1) is 14.3. The quantitative estimate of drug-likeness (QED) is 0.845. The number of nitrogens with one attached hydrogen (secondary N) is 1. The summed E-state index contributed by atoms with van der Waals surface area (Å²) in [6.07, 6.45) is 5.83. The Bertz CT molecular complexity index is 582. The monoisotopic (exact) mass is 283 g/mol. The van der Waals surface area contributed by atoms with Crippen LogP contribution in [0.25, 0.3) is 5.69 Å². The van der Waals surface area contributed by atoms with Crippen LogP contribution < -0.4 is 5.32 Å². The topological polar surface area (TPSA) is 29.9 Å². The lowest BCUT2D eigenvalue weighted by atomic mass is 10.1. The molecule has 3 heteroatoms. The van der Waals surface area contributed by atoms with Gasteiger partial charge in [0.05, 0.1) is 11.4 Å². The minimum absolute atomic E-state index is 0.782.